The van der Waals surface area contributed by atoms with E-state index in [1.54, 1.807) is 0 Å². The maximum absolute atomic E-state index is 12.6. The fourth-order valence-corrected chi connectivity index (χ4v) is 2.05. The third kappa shape index (κ3) is 3.81. The van der Waals surface area contributed by atoms with Gasteiger partial charge in [-0.1, -0.05) is 12.2 Å². The molecule has 0 radical (unpaired) electrons. The highest BCUT2D eigenvalue weighted by atomic mass is 32.1. The van der Waals surface area contributed by atoms with Crippen LogP contribution < -0.4 is 11.5 Å². The summed E-state index contributed by atoms with van der Waals surface area (Å²) in [5, 5.41) is 0. The average molecular weight is 269 g/mol. The number of amides is 1. The Morgan fingerprint density at radius 1 is 1.47 bits per heavy atom. The normalized spacial score (nSPS) is 23.6. The Balaban J connectivity index is 2.59. The van der Waals surface area contributed by atoms with E-state index in [0.717, 1.165) is 0 Å². The second kappa shape index (κ2) is 5.18. The molecule has 0 spiro atoms. The maximum atomic E-state index is 12.6. The van der Waals surface area contributed by atoms with E-state index in [4.69, 9.17) is 11.5 Å². The van der Waals surface area contributed by atoms with Crippen LogP contribution in [0.4, 0.5) is 13.2 Å². The molecule has 0 aromatic carbocycles. The van der Waals surface area contributed by atoms with Crippen LogP contribution in [0.15, 0.2) is 0 Å². The molecule has 8 heteroatoms. The quantitative estimate of drug-likeness (QED) is 0.718. The molecule has 0 aromatic rings. The van der Waals surface area contributed by atoms with Gasteiger partial charge in [-0.2, -0.15) is 13.2 Å². The first-order valence-electron chi connectivity index (χ1n) is 5.09. The monoisotopic (exact) mass is 269 g/mol. The molecule has 1 heterocycles. The number of alkyl halides is 3. The lowest BCUT2D eigenvalue weighted by Crippen LogP contribution is -2.43. The van der Waals surface area contributed by atoms with Crippen LogP contribution in [0.3, 0.4) is 0 Å². The summed E-state index contributed by atoms with van der Waals surface area (Å²) < 4.78 is 37.8. The van der Waals surface area contributed by atoms with Gasteiger partial charge < -0.3 is 16.4 Å². The number of rotatable bonds is 4. The van der Waals surface area contributed by atoms with Crippen LogP contribution in [0.2, 0.25) is 0 Å². The molecule has 0 aliphatic carbocycles. The largest absolute Gasteiger partial charge is 0.399 e. The molecule has 17 heavy (non-hydrogen) atoms. The smallest absolute Gasteiger partial charge is 0.393 e. The number of carbonyl (C=O) groups excluding carboxylic acids is 1. The summed E-state index contributed by atoms with van der Waals surface area (Å²) in [6, 6.07) is 0. The lowest BCUT2D eigenvalue weighted by molar-refractivity contribution is -0.158. The van der Waals surface area contributed by atoms with Crippen molar-refractivity contribution in [2.24, 2.45) is 23.3 Å². The number of primary amides is 1. The van der Waals surface area contributed by atoms with Gasteiger partial charge in [0, 0.05) is 13.1 Å². The zero-order chi connectivity index (χ0) is 13.2. The molecule has 4 N–H and O–H groups in total. The molecule has 1 amide bonds. The molecule has 1 aliphatic heterocycles. The lowest BCUT2D eigenvalue weighted by Gasteiger charge is -2.24. The van der Waals surface area contributed by atoms with E-state index < -0.39 is 23.0 Å². The minimum absolute atomic E-state index is 0.241. The number of nitrogens with two attached hydrogens (primary N) is 2. The second-order valence-electron chi connectivity index (χ2n) is 4.14. The van der Waals surface area contributed by atoms with Crippen LogP contribution in [0.1, 0.15) is 6.42 Å². The van der Waals surface area contributed by atoms with E-state index in [0.29, 0.717) is 13.0 Å². The van der Waals surface area contributed by atoms with Gasteiger partial charge in [-0.15, -0.1) is 0 Å². The Bertz CT molecular complexity index is 321. The zero-order valence-electron chi connectivity index (χ0n) is 9.04. The third-order valence-electron chi connectivity index (χ3n) is 2.85. The Hall–Kier alpha value is -0.890. The van der Waals surface area contributed by atoms with E-state index in [-0.39, 0.29) is 19.0 Å². The van der Waals surface area contributed by atoms with E-state index in [1.807, 2.05) is 0 Å². The van der Waals surface area contributed by atoms with Gasteiger partial charge in [0.1, 0.15) is 5.92 Å². The first kappa shape index (κ1) is 14.2. The van der Waals surface area contributed by atoms with Crippen molar-refractivity contribution in [3.63, 3.8) is 0 Å². The number of halogens is 3. The van der Waals surface area contributed by atoms with E-state index >= 15 is 0 Å². The highest BCUT2D eigenvalue weighted by molar-refractivity contribution is 7.80. The van der Waals surface area contributed by atoms with Crippen molar-refractivity contribution in [3.8, 4) is 0 Å². The number of hydrogen-bond acceptors (Lipinski definition) is 3. The van der Waals surface area contributed by atoms with Crippen LogP contribution in [-0.2, 0) is 4.79 Å². The number of hydrogen-bond donors (Lipinski definition) is 2. The first-order chi connectivity index (χ1) is 7.71. The van der Waals surface area contributed by atoms with Crippen LogP contribution in [0, 0.1) is 11.8 Å². The van der Waals surface area contributed by atoms with Gasteiger partial charge in [-0.05, 0) is 13.0 Å². The number of carbonyl (C=O) groups is 1. The summed E-state index contributed by atoms with van der Waals surface area (Å²) in [5.41, 5.74) is 10.2. The van der Waals surface area contributed by atoms with Crippen molar-refractivity contribution in [2.45, 2.75) is 12.6 Å². The molecular weight excluding hydrogens is 255 g/mol. The molecule has 2 atom stereocenters. The molecule has 1 aliphatic rings. The van der Waals surface area contributed by atoms with Gasteiger partial charge in [-0.3, -0.25) is 4.79 Å². The van der Waals surface area contributed by atoms with Crippen molar-refractivity contribution < 1.29 is 18.0 Å². The second-order valence-corrected chi connectivity index (χ2v) is 4.62. The van der Waals surface area contributed by atoms with Crippen LogP contribution in [-0.4, -0.2) is 41.6 Å². The summed E-state index contributed by atoms with van der Waals surface area (Å²) in [6.07, 6.45) is -3.96. The SMILES string of the molecule is NC(=O)C1CCN(CC(C(N)=S)C(F)(F)F)C1. The number of thiocarbonyl (C=S) groups is 1. The molecule has 2 unspecified atom stereocenters. The summed E-state index contributed by atoms with van der Waals surface area (Å²) in [4.78, 5) is 11.8. The van der Waals surface area contributed by atoms with Gasteiger partial charge in [-0.25, -0.2) is 0 Å². The summed E-state index contributed by atoms with van der Waals surface area (Å²) >= 11 is 4.42. The molecule has 4 nitrogen and oxygen atoms in total. The van der Waals surface area contributed by atoms with Gasteiger partial charge in [0.25, 0.3) is 0 Å². The summed E-state index contributed by atoms with van der Waals surface area (Å²) in [6.45, 7) is 0.343. The molecule has 0 bridgehead atoms. The Morgan fingerprint density at radius 2 is 2.06 bits per heavy atom. The zero-order valence-corrected chi connectivity index (χ0v) is 9.85. The number of likely N-dealkylation sites (tertiary alicyclic amines) is 1. The van der Waals surface area contributed by atoms with Gasteiger partial charge in [0.2, 0.25) is 5.91 Å². The minimum atomic E-state index is -4.45. The van der Waals surface area contributed by atoms with E-state index in [9.17, 15) is 18.0 Å². The Kier molecular flexibility index (Phi) is 4.31. The summed E-state index contributed by atoms with van der Waals surface area (Å²) in [5.74, 6) is -2.69. The fraction of sp³-hybridized carbons (Fsp3) is 0.778. The Morgan fingerprint density at radius 3 is 2.41 bits per heavy atom. The average Bonchev–Trinajstić information content (AvgIpc) is 2.59. The van der Waals surface area contributed by atoms with Crippen molar-refractivity contribution >= 4 is 23.1 Å². The van der Waals surface area contributed by atoms with Crippen molar-refractivity contribution in [1.29, 1.82) is 0 Å². The fourth-order valence-electron chi connectivity index (χ4n) is 1.84. The maximum Gasteiger partial charge on any atom is 0.399 e. The van der Waals surface area contributed by atoms with Gasteiger partial charge in [0.15, 0.2) is 0 Å². The Labute approximate surface area is 102 Å². The molecule has 1 saturated heterocycles. The van der Waals surface area contributed by atoms with E-state index in [1.165, 1.54) is 4.90 Å². The molecular formula is C9H14F3N3OS. The topological polar surface area (TPSA) is 72.4 Å². The molecule has 1 rings (SSSR count). The lowest BCUT2D eigenvalue weighted by atomic mass is 10.1. The minimum Gasteiger partial charge on any atom is -0.393 e. The molecule has 0 aromatic heterocycles. The molecule has 98 valence electrons. The molecule has 0 saturated carbocycles. The van der Waals surface area contributed by atoms with E-state index in [2.05, 4.69) is 12.2 Å². The van der Waals surface area contributed by atoms with Crippen molar-refractivity contribution in [1.82, 2.24) is 4.90 Å². The van der Waals surface area contributed by atoms with Gasteiger partial charge in [0.05, 0.1) is 10.9 Å². The van der Waals surface area contributed by atoms with Crippen LogP contribution in [0.5, 0.6) is 0 Å². The van der Waals surface area contributed by atoms with Gasteiger partial charge >= 0.3 is 6.18 Å². The summed E-state index contributed by atoms with van der Waals surface area (Å²) in [7, 11) is 0. The predicted octanol–water partition coefficient (Wildman–Crippen LogP) is 0.258. The van der Waals surface area contributed by atoms with Crippen LogP contribution >= 0.6 is 12.2 Å². The number of nitrogens with zero attached hydrogens (tertiary/aromatic N) is 1. The predicted molar refractivity (Wildman–Crippen MR) is 60.1 cm³/mol. The van der Waals surface area contributed by atoms with Crippen molar-refractivity contribution in [3.05, 3.63) is 0 Å². The van der Waals surface area contributed by atoms with Crippen LogP contribution in [0.25, 0.3) is 0 Å². The third-order valence-corrected chi connectivity index (χ3v) is 3.14. The standard InChI is InChI=1S/C9H14F3N3OS/c10-9(11,12)6(8(14)17)4-15-2-1-5(3-15)7(13)16/h5-6H,1-4H2,(H2,13,16)(H2,14,17). The highest BCUT2D eigenvalue weighted by Crippen LogP contribution is 2.29. The molecule has 1 fully saturated rings. The first-order valence-corrected chi connectivity index (χ1v) is 5.50. The van der Waals surface area contributed by atoms with Crippen molar-refractivity contribution in [2.75, 3.05) is 19.6 Å². The highest BCUT2D eigenvalue weighted by Gasteiger charge is 2.43.